The highest BCUT2D eigenvalue weighted by atomic mass is 32.1. The van der Waals surface area contributed by atoms with Crippen molar-refractivity contribution in [1.82, 2.24) is 0 Å². The van der Waals surface area contributed by atoms with Gasteiger partial charge in [0, 0.05) is 9.75 Å². The van der Waals surface area contributed by atoms with Gasteiger partial charge in [-0.1, -0.05) is 19.1 Å². The van der Waals surface area contributed by atoms with Crippen LogP contribution in [0.3, 0.4) is 0 Å². The maximum atomic E-state index is 12.6. The lowest BCUT2D eigenvalue weighted by Gasteiger charge is -2.06. The first kappa shape index (κ1) is 16.5. The van der Waals surface area contributed by atoms with Crippen molar-refractivity contribution in [3.63, 3.8) is 0 Å². The number of thiophene rings is 1. The molecule has 0 bridgehead atoms. The van der Waals surface area contributed by atoms with Gasteiger partial charge in [0.05, 0.1) is 17.7 Å². The first-order valence-corrected chi connectivity index (χ1v) is 7.66. The Morgan fingerprint density at radius 1 is 1.18 bits per heavy atom. The number of ether oxygens (including phenoxy) is 1. The summed E-state index contributed by atoms with van der Waals surface area (Å²) < 4.78 is 42.7. The van der Waals surface area contributed by atoms with Gasteiger partial charge in [-0.15, -0.1) is 11.3 Å². The molecule has 0 atom stereocenters. The average Bonchev–Trinajstić information content (AvgIpc) is 2.91. The molecule has 118 valence electrons. The van der Waals surface area contributed by atoms with E-state index in [4.69, 9.17) is 4.74 Å². The molecule has 1 aromatic carbocycles. The van der Waals surface area contributed by atoms with E-state index in [2.05, 4.69) is 0 Å². The Kier molecular flexibility index (Phi) is 4.90. The first-order valence-electron chi connectivity index (χ1n) is 6.84. The molecule has 6 heteroatoms. The van der Waals surface area contributed by atoms with Gasteiger partial charge < -0.3 is 4.74 Å². The molecule has 0 saturated carbocycles. The molecule has 1 aromatic heterocycles. The lowest BCUT2D eigenvalue weighted by molar-refractivity contribution is -0.137. The Balaban J connectivity index is 2.35. The molecule has 0 spiro atoms. The number of aryl methyl sites for hydroxylation is 1. The van der Waals surface area contributed by atoms with Crippen molar-refractivity contribution in [2.45, 2.75) is 26.4 Å². The molecule has 0 aliphatic rings. The highest BCUT2D eigenvalue weighted by Gasteiger charge is 2.30. The molecule has 1 heterocycles. The van der Waals surface area contributed by atoms with Crippen LogP contribution in [-0.2, 0) is 17.3 Å². The number of carbonyl (C=O) groups is 1. The number of hydrogen-bond acceptors (Lipinski definition) is 3. The van der Waals surface area contributed by atoms with Gasteiger partial charge in [-0.3, -0.25) is 0 Å². The normalized spacial score (nSPS) is 11.5. The van der Waals surface area contributed by atoms with Crippen LogP contribution in [0, 0.1) is 0 Å². The molecule has 22 heavy (non-hydrogen) atoms. The SMILES string of the molecule is CCOC(=O)c1cc(-c2ccc(C(F)(F)F)cc2)sc1CC. The van der Waals surface area contributed by atoms with Crippen LogP contribution < -0.4 is 0 Å². The van der Waals surface area contributed by atoms with Crippen molar-refractivity contribution >= 4 is 17.3 Å². The van der Waals surface area contributed by atoms with Crippen LogP contribution in [0.2, 0.25) is 0 Å². The third-order valence-corrected chi connectivity index (χ3v) is 4.45. The predicted octanol–water partition coefficient (Wildman–Crippen LogP) is 5.17. The maximum absolute atomic E-state index is 12.6. The van der Waals surface area contributed by atoms with Gasteiger partial charge in [0.15, 0.2) is 0 Å². The Hall–Kier alpha value is -1.82. The zero-order chi connectivity index (χ0) is 16.3. The highest BCUT2D eigenvalue weighted by Crippen LogP contribution is 2.35. The van der Waals surface area contributed by atoms with E-state index in [1.165, 1.54) is 23.5 Å². The summed E-state index contributed by atoms with van der Waals surface area (Å²) in [7, 11) is 0. The minimum absolute atomic E-state index is 0.285. The summed E-state index contributed by atoms with van der Waals surface area (Å²) in [6.45, 7) is 3.94. The zero-order valence-electron chi connectivity index (χ0n) is 12.2. The topological polar surface area (TPSA) is 26.3 Å². The first-order chi connectivity index (χ1) is 10.4. The van der Waals surface area contributed by atoms with E-state index in [9.17, 15) is 18.0 Å². The number of alkyl halides is 3. The molecule has 0 amide bonds. The van der Waals surface area contributed by atoms with Crippen LogP contribution in [-0.4, -0.2) is 12.6 Å². The van der Waals surface area contributed by atoms with Gasteiger partial charge in [0.2, 0.25) is 0 Å². The summed E-state index contributed by atoms with van der Waals surface area (Å²) in [6.07, 6.45) is -3.68. The van der Waals surface area contributed by atoms with Crippen molar-refractivity contribution in [1.29, 1.82) is 0 Å². The molecular formula is C16H15F3O2S. The van der Waals surface area contributed by atoms with Gasteiger partial charge in [0.1, 0.15) is 0 Å². The van der Waals surface area contributed by atoms with E-state index < -0.39 is 17.7 Å². The van der Waals surface area contributed by atoms with Crippen molar-refractivity contribution in [3.05, 3.63) is 46.3 Å². The third kappa shape index (κ3) is 3.50. The van der Waals surface area contributed by atoms with Crippen molar-refractivity contribution < 1.29 is 22.7 Å². The largest absolute Gasteiger partial charge is 0.462 e. The molecule has 0 N–H and O–H groups in total. The second kappa shape index (κ2) is 6.52. The second-order valence-electron chi connectivity index (χ2n) is 4.60. The lowest BCUT2D eigenvalue weighted by atomic mass is 10.1. The van der Waals surface area contributed by atoms with E-state index in [0.29, 0.717) is 17.5 Å². The fourth-order valence-electron chi connectivity index (χ4n) is 2.04. The van der Waals surface area contributed by atoms with Crippen LogP contribution in [0.15, 0.2) is 30.3 Å². The van der Waals surface area contributed by atoms with Crippen LogP contribution >= 0.6 is 11.3 Å². The van der Waals surface area contributed by atoms with Gasteiger partial charge in [-0.2, -0.15) is 13.2 Å². The standard InChI is InChI=1S/C16H15F3O2S/c1-3-13-12(15(20)21-4-2)9-14(22-13)10-5-7-11(8-6-10)16(17,18)19/h5-9H,3-4H2,1-2H3. The molecule has 0 fully saturated rings. The van der Waals surface area contributed by atoms with Gasteiger partial charge in [0.25, 0.3) is 0 Å². The number of halogens is 3. The highest BCUT2D eigenvalue weighted by molar-refractivity contribution is 7.15. The number of rotatable bonds is 4. The third-order valence-electron chi connectivity index (χ3n) is 3.12. The Labute approximate surface area is 130 Å². The maximum Gasteiger partial charge on any atom is 0.416 e. The summed E-state index contributed by atoms with van der Waals surface area (Å²) in [5.41, 5.74) is 0.460. The smallest absolute Gasteiger partial charge is 0.416 e. The van der Waals surface area contributed by atoms with Crippen LogP contribution in [0.25, 0.3) is 10.4 Å². The van der Waals surface area contributed by atoms with Gasteiger partial charge in [-0.25, -0.2) is 4.79 Å². The average molecular weight is 328 g/mol. The van der Waals surface area contributed by atoms with E-state index in [0.717, 1.165) is 21.9 Å². The molecule has 2 nitrogen and oxygen atoms in total. The molecular weight excluding hydrogens is 313 g/mol. The monoisotopic (exact) mass is 328 g/mol. The van der Waals surface area contributed by atoms with E-state index in [1.54, 1.807) is 13.0 Å². The van der Waals surface area contributed by atoms with E-state index >= 15 is 0 Å². The quantitative estimate of drug-likeness (QED) is 0.724. The minimum Gasteiger partial charge on any atom is -0.462 e. The molecule has 2 aromatic rings. The summed E-state index contributed by atoms with van der Waals surface area (Å²) in [5.74, 6) is -0.395. The van der Waals surface area contributed by atoms with Crippen LogP contribution in [0.5, 0.6) is 0 Å². The van der Waals surface area contributed by atoms with Crippen molar-refractivity contribution in [2.75, 3.05) is 6.61 Å². The summed E-state index contributed by atoms with van der Waals surface area (Å²) in [5, 5.41) is 0. The number of esters is 1. The predicted molar refractivity (Wildman–Crippen MR) is 80.1 cm³/mol. The van der Waals surface area contributed by atoms with Crippen molar-refractivity contribution in [2.24, 2.45) is 0 Å². The fraction of sp³-hybridized carbons (Fsp3) is 0.312. The fourth-order valence-corrected chi connectivity index (χ4v) is 3.13. The van der Waals surface area contributed by atoms with Crippen LogP contribution in [0.4, 0.5) is 13.2 Å². The molecule has 0 aliphatic heterocycles. The molecule has 2 rings (SSSR count). The van der Waals surface area contributed by atoms with Crippen molar-refractivity contribution in [3.8, 4) is 10.4 Å². The molecule has 0 saturated heterocycles. The van der Waals surface area contributed by atoms with Gasteiger partial charge in [-0.05, 0) is 37.1 Å². The second-order valence-corrected chi connectivity index (χ2v) is 5.73. The Morgan fingerprint density at radius 2 is 1.82 bits per heavy atom. The Morgan fingerprint density at radius 3 is 2.32 bits per heavy atom. The summed E-state index contributed by atoms with van der Waals surface area (Å²) in [6, 6.07) is 6.62. The van der Waals surface area contributed by atoms with Crippen LogP contribution in [0.1, 0.15) is 34.6 Å². The molecule has 0 unspecified atom stereocenters. The lowest BCUT2D eigenvalue weighted by Crippen LogP contribution is -2.05. The van der Waals surface area contributed by atoms with E-state index in [1.807, 2.05) is 6.92 Å². The number of carbonyl (C=O) groups excluding carboxylic acids is 1. The number of benzene rings is 1. The molecule has 0 aliphatic carbocycles. The summed E-state index contributed by atoms with van der Waals surface area (Å²) >= 11 is 1.40. The zero-order valence-corrected chi connectivity index (χ0v) is 13.0. The number of hydrogen-bond donors (Lipinski definition) is 0. The molecule has 0 radical (unpaired) electrons. The summed E-state index contributed by atoms with van der Waals surface area (Å²) in [4.78, 5) is 13.5. The Bertz CT molecular complexity index is 657. The van der Waals surface area contributed by atoms with E-state index in [-0.39, 0.29) is 6.61 Å². The minimum atomic E-state index is -4.35. The van der Waals surface area contributed by atoms with Gasteiger partial charge >= 0.3 is 12.1 Å².